The summed E-state index contributed by atoms with van der Waals surface area (Å²) >= 11 is 0. The van der Waals surface area contributed by atoms with Gasteiger partial charge in [-0.1, -0.05) is 50.2 Å². The normalized spacial score (nSPS) is 15.0. The van der Waals surface area contributed by atoms with Crippen LogP contribution in [0.25, 0.3) is 33.2 Å². The molecule has 2 nitrogen and oxygen atoms in total. The van der Waals surface area contributed by atoms with E-state index in [2.05, 4.69) is 73.9 Å². The lowest BCUT2D eigenvalue weighted by molar-refractivity contribution is 0.457. The van der Waals surface area contributed by atoms with E-state index in [1.54, 1.807) is 0 Å². The van der Waals surface area contributed by atoms with Gasteiger partial charge in [-0.2, -0.15) is 0 Å². The van der Waals surface area contributed by atoms with Gasteiger partial charge in [-0.15, -0.1) is 0 Å². The highest BCUT2D eigenvalue weighted by atomic mass is 16.3. The maximum Gasteiger partial charge on any atom is 0.161 e. The summed E-state index contributed by atoms with van der Waals surface area (Å²) in [5.41, 5.74) is 9.02. The molecule has 0 amide bonds. The summed E-state index contributed by atoms with van der Waals surface area (Å²) in [5, 5.41) is 1.23. The molecule has 0 N–H and O–H groups in total. The highest BCUT2D eigenvalue weighted by Crippen LogP contribution is 2.57. The van der Waals surface area contributed by atoms with Gasteiger partial charge >= 0.3 is 0 Å². The molecule has 5 rings (SSSR count). The second kappa shape index (κ2) is 5.01. The Morgan fingerprint density at radius 1 is 0.920 bits per heavy atom. The van der Waals surface area contributed by atoms with E-state index < -0.39 is 0 Å². The second-order valence-corrected chi connectivity index (χ2v) is 7.08. The summed E-state index contributed by atoms with van der Waals surface area (Å²) in [5.74, 6) is 0. The topological polar surface area (TPSA) is 18.1 Å². The molecule has 25 heavy (non-hydrogen) atoms. The first-order valence-corrected chi connectivity index (χ1v) is 9.40. The number of nitrogens with zero attached hydrogens (tertiary/aromatic N) is 1. The first-order chi connectivity index (χ1) is 12.3. The van der Waals surface area contributed by atoms with Crippen LogP contribution in [0.5, 0.6) is 0 Å². The maximum atomic E-state index is 6.40. The molecule has 4 aromatic rings. The van der Waals surface area contributed by atoms with Crippen LogP contribution >= 0.6 is 0 Å². The zero-order valence-electron chi connectivity index (χ0n) is 15.1. The van der Waals surface area contributed by atoms with Crippen LogP contribution in [0, 0.1) is 0 Å². The highest BCUT2D eigenvalue weighted by Gasteiger charge is 2.45. The van der Waals surface area contributed by atoms with Gasteiger partial charge in [0.25, 0.3) is 0 Å². The summed E-state index contributed by atoms with van der Waals surface area (Å²) in [4.78, 5) is 0. The van der Waals surface area contributed by atoms with E-state index in [0.29, 0.717) is 0 Å². The monoisotopic (exact) mass is 329 g/mol. The number of rotatable bonds is 3. The zero-order valence-corrected chi connectivity index (χ0v) is 15.1. The molecule has 0 aliphatic heterocycles. The Morgan fingerprint density at radius 3 is 2.40 bits per heavy atom. The molecule has 0 radical (unpaired) electrons. The lowest BCUT2D eigenvalue weighted by Gasteiger charge is -2.30. The lowest BCUT2D eigenvalue weighted by atomic mass is 9.76. The van der Waals surface area contributed by atoms with Crippen molar-refractivity contribution in [1.82, 2.24) is 4.57 Å². The average Bonchev–Trinajstić information content (AvgIpc) is 3.27. The van der Waals surface area contributed by atoms with Gasteiger partial charge in [0.05, 0.1) is 5.52 Å². The summed E-state index contributed by atoms with van der Waals surface area (Å²) in [6.07, 6.45) is 2.22. The first kappa shape index (κ1) is 14.8. The molecule has 1 aliphatic carbocycles. The minimum absolute atomic E-state index is 0.0879. The fraction of sp³-hybridized carbons (Fsp3) is 0.304. The Bertz CT molecular complexity index is 1110. The van der Waals surface area contributed by atoms with Gasteiger partial charge < -0.3 is 8.98 Å². The van der Waals surface area contributed by atoms with Crippen molar-refractivity contribution in [3.8, 4) is 11.1 Å². The van der Waals surface area contributed by atoms with Crippen LogP contribution in [0.15, 0.2) is 52.9 Å². The van der Waals surface area contributed by atoms with Gasteiger partial charge in [0.2, 0.25) is 0 Å². The number of hydrogen-bond donors (Lipinski definition) is 0. The molecule has 0 fully saturated rings. The van der Waals surface area contributed by atoms with Crippen molar-refractivity contribution in [3.05, 3.63) is 59.8 Å². The number of aromatic nitrogens is 1. The number of benzene rings is 2. The van der Waals surface area contributed by atoms with Crippen molar-refractivity contribution >= 4 is 22.1 Å². The van der Waals surface area contributed by atoms with E-state index in [-0.39, 0.29) is 5.41 Å². The van der Waals surface area contributed by atoms with Gasteiger partial charge in [-0.3, -0.25) is 0 Å². The molecule has 0 unspecified atom stereocenters. The molecule has 2 heteroatoms. The molecular formula is C23H23NO. The van der Waals surface area contributed by atoms with Crippen LogP contribution in [0.4, 0.5) is 0 Å². The van der Waals surface area contributed by atoms with E-state index in [1.165, 1.54) is 33.3 Å². The molecule has 0 saturated heterocycles. The van der Waals surface area contributed by atoms with Crippen LogP contribution in [0.3, 0.4) is 0 Å². The zero-order chi connectivity index (χ0) is 17.2. The Hall–Kier alpha value is -2.48. The van der Waals surface area contributed by atoms with E-state index in [9.17, 15) is 0 Å². The van der Waals surface area contributed by atoms with Gasteiger partial charge in [0.15, 0.2) is 5.58 Å². The average molecular weight is 329 g/mol. The minimum atomic E-state index is 0.0879. The molecule has 1 aliphatic rings. The van der Waals surface area contributed by atoms with Crippen LogP contribution in [0.1, 0.15) is 44.9 Å². The standard InChI is InChI=1S/C23H23NO/c1-4-23(5-2)17-13-9-7-11-15(17)19-21-20(24(6-3)22(19)23)16-12-8-10-14-18(16)25-21/h7-14H,4-6H2,1-3H3. The third-order valence-corrected chi connectivity index (χ3v) is 6.26. The molecule has 126 valence electrons. The molecule has 2 aromatic heterocycles. The SMILES string of the molecule is CCn1c2c(c3oc4ccccc4c31)-c1ccccc1C2(CC)CC. The van der Waals surface area contributed by atoms with Crippen LogP contribution in [-0.4, -0.2) is 4.57 Å². The summed E-state index contributed by atoms with van der Waals surface area (Å²) in [7, 11) is 0. The van der Waals surface area contributed by atoms with Crippen molar-refractivity contribution in [1.29, 1.82) is 0 Å². The van der Waals surface area contributed by atoms with Crippen molar-refractivity contribution in [3.63, 3.8) is 0 Å². The molecule has 2 heterocycles. The van der Waals surface area contributed by atoms with E-state index in [4.69, 9.17) is 4.42 Å². The quantitative estimate of drug-likeness (QED) is 0.420. The Labute approximate surface area is 148 Å². The molecular weight excluding hydrogens is 306 g/mol. The van der Waals surface area contributed by atoms with Crippen LogP contribution < -0.4 is 0 Å². The van der Waals surface area contributed by atoms with E-state index >= 15 is 0 Å². The molecule has 2 aromatic carbocycles. The van der Waals surface area contributed by atoms with Crippen molar-refractivity contribution in [2.45, 2.75) is 45.6 Å². The summed E-state index contributed by atoms with van der Waals surface area (Å²) in [6, 6.07) is 17.3. The number of furan rings is 1. The molecule has 0 bridgehead atoms. The number of para-hydroxylation sites is 1. The predicted octanol–water partition coefficient (Wildman–Crippen LogP) is 6.49. The third-order valence-electron chi connectivity index (χ3n) is 6.26. The van der Waals surface area contributed by atoms with Crippen LogP contribution in [-0.2, 0) is 12.0 Å². The lowest BCUT2D eigenvalue weighted by Crippen LogP contribution is -2.26. The minimum Gasteiger partial charge on any atom is -0.454 e. The smallest absolute Gasteiger partial charge is 0.161 e. The molecule has 0 atom stereocenters. The van der Waals surface area contributed by atoms with Crippen molar-refractivity contribution < 1.29 is 4.42 Å². The molecule has 0 saturated carbocycles. The Kier molecular flexibility index (Phi) is 2.97. The number of hydrogen-bond acceptors (Lipinski definition) is 1. The van der Waals surface area contributed by atoms with Crippen LogP contribution in [0.2, 0.25) is 0 Å². The summed E-state index contributed by atoms with van der Waals surface area (Å²) < 4.78 is 8.91. The fourth-order valence-corrected chi connectivity index (χ4v) is 5.10. The highest BCUT2D eigenvalue weighted by molar-refractivity contribution is 6.11. The van der Waals surface area contributed by atoms with Crippen molar-refractivity contribution in [2.75, 3.05) is 0 Å². The fourth-order valence-electron chi connectivity index (χ4n) is 5.10. The molecule has 0 spiro atoms. The Morgan fingerprint density at radius 2 is 1.64 bits per heavy atom. The van der Waals surface area contributed by atoms with Gasteiger partial charge in [0.1, 0.15) is 5.58 Å². The van der Waals surface area contributed by atoms with E-state index in [0.717, 1.165) is 30.6 Å². The summed E-state index contributed by atoms with van der Waals surface area (Å²) in [6.45, 7) is 7.86. The van der Waals surface area contributed by atoms with Crippen molar-refractivity contribution in [2.24, 2.45) is 0 Å². The second-order valence-electron chi connectivity index (χ2n) is 7.08. The number of fused-ring (bicyclic) bond motifs is 7. The first-order valence-electron chi connectivity index (χ1n) is 9.40. The number of aryl methyl sites for hydroxylation is 1. The third kappa shape index (κ3) is 1.60. The predicted molar refractivity (Wildman–Crippen MR) is 104 cm³/mol. The Balaban J connectivity index is 2.03. The van der Waals surface area contributed by atoms with Gasteiger partial charge in [-0.05, 0) is 43.0 Å². The maximum absolute atomic E-state index is 6.40. The van der Waals surface area contributed by atoms with Gasteiger partial charge in [-0.25, -0.2) is 0 Å². The van der Waals surface area contributed by atoms with E-state index in [1.807, 2.05) is 0 Å². The van der Waals surface area contributed by atoms with Gasteiger partial charge in [0, 0.05) is 28.6 Å². The largest absolute Gasteiger partial charge is 0.454 e.